The quantitative estimate of drug-likeness (QED) is 0.311. The average Bonchev–Trinajstić information content (AvgIpc) is 3.29. The van der Waals surface area contributed by atoms with Crippen LogP contribution in [0.3, 0.4) is 0 Å². The summed E-state index contributed by atoms with van der Waals surface area (Å²) in [5.41, 5.74) is -0.760. The molecule has 2 fully saturated rings. The van der Waals surface area contributed by atoms with Crippen LogP contribution in [0.5, 0.6) is 0 Å². The topological polar surface area (TPSA) is 143 Å². The van der Waals surface area contributed by atoms with Gasteiger partial charge in [0.15, 0.2) is 0 Å². The van der Waals surface area contributed by atoms with Gasteiger partial charge in [0.25, 0.3) is 5.91 Å². The molecule has 0 spiro atoms. The maximum absolute atomic E-state index is 13.9. The standard InChI is InChI=1S/C30H50N4O7/c1-7-15-31-27(37)25(35)22-13-11-9-8-10-12-17-40-19-23(33-29(39)41-30(4,5)6)28(38)34-16-14-21(18-20(2)3)24(34)26(36)32-22/h7,20-24H,1,8-19H2,2-6H3,(H,31,37)(H,32,36)(H,33,39)/t21-,22+,23+,24+/m1/s1. The third-order valence-electron chi connectivity index (χ3n) is 7.17. The third kappa shape index (κ3) is 11.4. The lowest BCUT2D eigenvalue weighted by molar-refractivity contribution is -0.144. The van der Waals surface area contributed by atoms with Crippen LogP contribution in [0.2, 0.25) is 0 Å². The molecule has 2 aliphatic rings. The van der Waals surface area contributed by atoms with E-state index in [1.54, 1.807) is 20.8 Å². The minimum atomic E-state index is -1.05. The Morgan fingerprint density at radius 2 is 1.80 bits per heavy atom. The highest BCUT2D eigenvalue weighted by Crippen LogP contribution is 2.31. The third-order valence-corrected chi connectivity index (χ3v) is 7.17. The van der Waals surface area contributed by atoms with Gasteiger partial charge in [-0.25, -0.2) is 4.79 Å². The highest BCUT2D eigenvalue weighted by Gasteiger charge is 2.45. The molecule has 0 radical (unpaired) electrons. The maximum atomic E-state index is 13.9. The zero-order valence-corrected chi connectivity index (χ0v) is 25.5. The molecule has 11 heteroatoms. The number of ketones is 1. The summed E-state index contributed by atoms with van der Waals surface area (Å²) >= 11 is 0. The van der Waals surface area contributed by atoms with E-state index in [4.69, 9.17) is 9.47 Å². The summed E-state index contributed by atoms with van der Waals surface area (Å²) in [4.78, 5) is 67.4. The number of fused-ring (bicyclic) bond motifs is 1. The lowest BCUT2D eigenvalue weighted by Crippen LogP contribution is -2.58. The first-order valence-corrected chi connectivity index (χ1v) is 14.9. The zero-order valence-electron chi connectivity index (χ0n) is 25.5. The van der Waals surface area contributed by atoms with E-state index < -0.39 is 53.3 Å². The van der Waals surface area contributed by atoms with Gasteiger partial charge in [-0.1, -0.05) is 45.6 Å². The first kappa shape index (κ1) is 34.3. The molecular weight excluding hydrogens is 528 g/mol. The molecule has 2 rings (SSSR count). The number of nitrogens with one attached hydrogen (secondary N) is 3. The molecule has 0 bridgehead atoms. The molecule has 4 amide bonds. The Morgan fingerprint density at radius 3 is 2.46 bits per heavy atom. The summed E-state index contributed by atoms with van der Waals surface area (Å²) in [6.45, 7) is 13.7. The van der Waals surface area contributed by atoms with E-state index in [-0.39, 0.29) is 25.0 Å². The van der Waals surface area contributed by atoms with Crippen LogP contribution < -0.4 is 16.0 Å². The van der Waals surface area contributed by atoms with Gasteiger partial charge in [0.1, 0.15) is 17.7 Å². The van der Waals surface area contributed by atoms with E-state index in [1.807, 2.05) is 0 Å². The van der Waals surface area contributed by atoms with Crippen LogP contribution in [0.4, 0.5) is 4.79 Å². The van der Waals surface area contributed by atoms with Crippen molar-refractivity contribution in [3.05, 3.63) is 12.7 Å². The Kier molecular flexibility index (Phi) is 13.8. The van der Waals surface area contributed by atoms with Crippen LogP contribution in [0.1, 0.15) is 86.0 Å². The van der Waals surface area contributed by atoms with Gasteiger partial charge < -0.3 is 30.3 Å². The molecule has 2 saturated heterocycles. The summed E-state index contributed by atoms with van der Waals surface area (Å²) in [5.74, 6) is -2.28. The van der Waals surface area contributed by atoms with Crippen LogP contribution in [0.15, 0.2) is 12.7 Å². The van der Waals surface area contributed by atoms with E-state index in [0.29, 0.717) is 38.8 Å². The monoisotopic (exact) mass is 578 g/mol. The minimum Gasteiger partial charge on any atom is -0.444 e. The van der Waals surface area contributed by atoms with Crippen LogP contribution >= 0.6 is 0 Å². The van der Waals surface area contributed by atoms with Gasteiger partial charge in [-0.2, -0.15) is 0 Å². The van der Waals surface area contributed by atoms with Gasteiger partial charge in [0, 0.05) is 19.7 Å². The molecule has 11 nitrogen and oxygen atoms in total. The second-order valence-electron chi connectivity index (χ2n) is 12.4. The van der Waals surface area contributed by atoms with Crippen molar-refractivity contribution in [3.63, 3.8) is 0 Å². The largest absolute Gasteiger partial charge is 0.444 e. The SMILES string of the molecule is C=CCNC(=O)C(=O)[C@@H]1CCCCCCCOC[C@H](NC(=O)OC(C)(C)C)C(=O)N2CC[C@H](CC(C)C)[C@H]2C(=O)N1. The summed E-state index contributed by atoms with van der Waals surface area (Å²) in [6, 6.07) is -2.91. The second kappa shape index (κ2) is 16.5. The van der Waals surface area contributed by atoms with E-state index >= 15 is 0 Å². The van der Waals surface area contributed by atoms with Crippen molar-refractivity contribution in [2.24, 2.45) is 11.8 Å². The Balaban J connectivity index is 2.38. The fourth-order valence-corrected chi connectivity index (χ4v) is 5.36. The molecule has 0 aliphatic carbocycles. The van der Waals surface area contributed by atoms with Crippen molar-refractivity contribution in [2.75, 3.05) is 26.3 Å². The Hall–Kier alpha value is -2.95. The highest BCUT2D eigenvalue weighted by atomic mass is 16.6. The number of hydrogen-bond acceptors (Lipinski definition) is 7. The van der Waals surface area contributed by atoms with Crippen molar-refractivity contribution in [1.29, 1.82) is 0 Å². The number of ether oxygens (including phenoxy) is 2. The van der Waals surface area contributed by atoms with Crippen molar-refractivity contribution < 1.29 is 33.4 Å². The molecule has 3 N–H and O–H groups in total. The van der Waals surface area contributed by atoms with Crippen LogP contribution in [0, 0.1) is 11.8 Å². The molecule has 232 valence electrons. The lowest BCUT2D eigenvalue weighted by atomic mass is 9.89. The van der Waals surface area contributed by atoms with Gasteiger partial charge >= 0.3 is 6.09 Å². The normalized spacial score (nSPS) is 25.2. The van der Waals surface area contributed by atoms with E-state index in [9.17, 15) is 24.0 Å². The number of carbonyl (C=O) groups is 5. The summed E-state index contributed by atoms with van der Waals surface area (Å²) < 4.78 is 11.2. The van der Waals surface area contributed by atoms with Crippen LogP contribution in [-0.4, -0.2) is 84.5 Å². The summed E-state index contributed by atoms with van der Waals surface area (Å²) in [5, 5.41) is 7.98. The van der Waals surface area contributed by atoms with E-state index in [1.165, 1.54) is 11.0 Å². The number of alkyl carbamates (subject to hydrolysis) is 1. The number of nitrogens with zero attached hydrogens (tertiary/aromatic N) is 1. The molecular formula is C30H50N4O7. The van der Waals surface area contributed by atoms with E-state index in [0.717, 1.165) is 25.7 Å². The first-order chi connectivity index (χ1) is 19.3. The molecule has 0 aromatic rings. The summed E-state index contributed by atoms with van der Waals surface area (Å²) in [6.07, 6.45) is 6.40. The molecule has 4 atom stereocenters. The van der Waals surface area contributed by atoms with Gasteiger partial charge in [-0.15, -0.1) is 6.58 Å². The van der Waals surface area contributed by atoms with Gasteiger partial charge in [-0.05, 0) is 58.3 Å². The van der Waals surface area contributed by atoms with Crippen LogP contribution in [-0.2, 0) is 28.7 Å². The van der Waals surface area contributed by atoms with Crippen LogP contribution in [0.25, 0.3) is 0 Å². The molecule has 2 heterocycles. The number of carbonyl (C=O) groups excluding carboxylic acids is 5. The van der Waals surface area contributed by atoms with Gasteiger partial charge in [-0.3, -0.25) is 19.2 Å². The second-order valence-corrected chi connectivity index (χ2v) is 12.4. The Labute approximate surface area is 244 Å². The van der Waals surface area contributed by atoms with Gasteiger partial charge in [0.05, 0.1) is 12.6 Å². The Morgan fingerprint density at radius 1 is 1.12 bits per heavy atom. The van der Waals surface area contributed by atoms with Crippen molar-refractivity contribution in [2.45, 2.75) is 110 Å². The molecule has 2 aliphatic heterocycles. The van der Waals surface area contributed by atoms with E-state index in [2.05, 4.69) is 36.4 Å². The van der Waals surface area contributed by atoms with Crippen molar-refractivity contribution in [1.82, 2.24) is 20.9 Å². The van der Waals surface area contributed by atoms with Crippen molar-refractivity contribution >= 4 is 29.6 Å². The van der Waals surface area contributed by atoms with Gasteiger partial charge in [0.2, 0.25) is 17.6 Å². The fourth-order valence-electron chi connectivity index (χ4n) is 5.36. The van der Waals surface area contributed by atoms with Crippen molar-refractivity contribution in [3.8, 4) is 0 Å². The minimum absolute atomic E-state index is 0.0532. The molecule has 0 aromatic heterocycles. The maximum Gasteiger partial charge on any atom is 0.408 e. The smallest absolute Gasteiger partial charge is 0.408 e. The fraction of sp³-hybridized carbons (Fsp3) is 0.767. The summed E-state index contributed by atoms with van der Waals surface area (Å²) in [7, 11) is 0. The number of hydrogen-bond donors (Lipinski definition) is 3. The average molecular weight is 579 g/mol. The zero-order chi connectivity index (χ0) is 30.6. The first-order valence-electron chi connectivity index (χ1n) is 14.9. The number of rotatable bonds is 7. The number of Topliss-reactive ketones (excluding diaryl/α,β-unsaturated/α-hetero) is 1. The molecule has 41 heavy (non-hydrogen) atoms. The predicted octanol–water partition coefficient (Wildman–Crippen LogP) is 2.87. The molecule has 0 aromatic carbocycles. The molecule has 0 saturated carbocycles. The lowest BCUT2D eigenvalue weighted by Gasteiger charge is -2.32. The number of amides is 4. The highest BCUT2D eigenvalue weighted by molar-refractivity contribution is 6.38. The Bertz CT molecular complexity index is 930. The predicted molar refractivity (Wildman–Crippen MR) is 155 cm³/mol. The molecule has 0 unspecified atom stereocenters.